The van der Waals surface area contributed by atoms with E-state index in [0.29, 0.717) is 0 Å². The van der Waals surface area contributed by atoms with Crippen molar-refractivity contribution in [1.82, 2.24) is 0 Å². The quantitative estimate of drug-likeness (QED) is 0.168. The van der Waals surface area contributed by atoms with Crippen LogP contribution in [0.25, 0.3) is 75.5 Å². The summed E-state index contributed by atoms with van der Waals surface area (Å²) in [6.07, 6.45) is 0. The summed E-state index contributed by atoms with van der Waals surface area (Å²) in [5.74, 6) is 0. The van der Waals surface area contributed by atoms with Crippen LogP contribution in [0.4, 0.5) is 17.1 Å². The van der Waals surface area contributed by atoms with E-state index in [-0.39, 0.29) is 0 Å². The number of anilines is 3. The molecule has 0 bridgehead atoms. The highest BCUT2D eigenvalue weighted by molar-refractivity contribution is 7.27. The highest BCUT2D eigenvalue weighted by Gasteiger charge is 2.52. The van der Waals surface area contributed by atoms with Crippen molar-refractivity contribution in [3.05, 3.63) is 247 Å². The van der Waals surface area contributed by atoms with Gasteiger partial charge in [0.1, 0.15) is 0 Å². The topological polar surface area (TPSA) is 3.24 Å². The molecule has 0 fully saturated rings. The number of para-hydroxylation sites is 1. The standard InChI is InChI=1S/C59H37NS/c1-3-19-38(20-4-1)40-23-12-16-34-53(40)60(55-36-17-29-45-48-37-47(39-21-5-2-6-22-39)41-24-7-8-27-44(41)57(48)61-58(45)55)54-35-18-33-52-56(54)46-28-11-15-32-51(46)59(52)49-30-13-9-25-42(49)43-26-10-14-31-50(43)59/h1-37H. The Balaban J connectivity index is 1.15. The second kappa shape index (κ2) is 13.2. The lowest BCUT2D eigenvalue weighted by Crippen LogP contribution is -2.26. The summed E-state index contributed by atoms with van der Waals surface area (Å²) in [7, 11) is 0. The zero-order chi connectivity index (χ0) is 40.1. The molecule has 2 aliphatic carbocycles. The molecule has 1 nitrogen and oxygen atoms in total. The van der Waals surface area contributed by atoms with Crippen molar-refractivity contribution in [3.8, 4) is 44.5 Å². The van der Waals surface area contributed by atoms with Gasteiger partial charge in [-0.25, -0.2) is 0 Å². The van der Waals surface area contributed by atoms with Crippen molar-refractivity contribution in [1.29, 1.82) is 0 Å². The van der Waals surface area contributed by atoms with E-state index in [1.165, 1.54) is 109 Å². The molecule has 284 valence electrons. The normalized spacial score (nSPS) is 13.0. The van der Waals surface area contributed by atoms with E-state index in [4.69, 9.17) is 0 Å². The van der Waals surface area contributed by atoms with Gasteiger partial charge in [-0.1, -0.05) is 200 Å². The van der Waals surface area contributed by atoms with Crippen molar-refractivity contribution in [2.24, 2.45) is 0 Å². The molecule has 0 N–H and O–H groups in total. The van der Waals surface area contributed by atoms with Crippen LogP contribution in [-0.2, 0) is 5.41 Å². The SMILES string of the molecule is c1ccc(-c2ccccc2N(c2cccc3c2-c2ccccc2C32c3ccccc3-c3ccccc32)c2cccc3c2sc2c4ccccc4c(-c4ccccc4)cc32)cc1. The van der Waals surface area contributed by atoms with Crippen LogP contribution in [0, 0.1) is 0 Å². The van der Waals surface area contributed by atoms with Gasteiger partial charge in [-0.3, -0.25) is 0 Å². The van der Waals surface area contributed by atoms with E-state index in [1.54, 1.807) is 0 Å². The molecule has 1 heterocycles. The molecule has 1 aromatic heterocycles. The van der Waals surface area contributed by atoms with E-state index in [1.807, 2.05) is 11.3 Å². The van der Waals surface area contributed by atoms with Gasteiger partial charge in [0.25, 0.3) is 0 Å². The smallest absolute Gasteiger partial charge is 0.0726 e. The van der Waals surface area contributed by atoms with Gasteiger partial charge in [0, 0.05) is 32.0 Å². The first kappa shape index (κ1) is 34.4. The molecular weight excluding hydrogens is 755 g/mol. The third-order valence-corrected chi connectivity index (χ3v) is 14.6. The highest BCUT2D eigenvalue weighted by atomic mass is 32.1. The van der Waals surface area contributed by atoms with Crippen molar-refractivity contribution in [2.45, 2.75) is 5.41 Å². The van der Waals surface area contributed by atoms with Crippen LogP contribution in [0.5, 0.6) is 0 Å². The summed E-state index contributed by atoms with van der Waals surface area (Å²) in [5, 5.41) is 5.13. The van der Waals surface area contributed by atoms with Gasteiger partial charge in [0.05, 0.1) is 27.2 Å². The van der Waals surface area contributed by atoms with Crippen molar-refractivity contribution in [3.63, 3.8) is 0 Å². The van der Waals surface area contributed by atoms with Gasteiger partial charge < -0.3 is 4.90 Å². The van der Waals surface area contributed by atoms with Crippen molar-refractivity contribution >= 4 is 59.3 Å². The third kappa shape index (κ3) is 4.77. The maximum Gasteiger partial charge on any atom is 0.0726 e. The fraction of sp³-hybridized carbons (Fsp3) is 0.0169. The molecule has 13 rings (SSSR count). The van der Waals surface area contributed by atoms with Gasteiger partial charge in [0.15, 0.2) is 0 Å². The third-order valence-electron chi connectivity index (χ3n) is 13.3. The Morgan fingerprint density at radius 2 is 0.754 bits per heavy atom. The van der Waals surface area contributed by atoms with Crippen LogP contribution >= 0.6 is 11.3 Å². The van der Waals surface area contributed by atoms with E-state index in [0.717, 1.165) is 5.69 Å². The Morgan fingerprint density at radius 1 is 0.295 bits per heavy atom. The summed E-state index contributed by atoms with van der Waals surface area (Å²) < 4.78 is 2.58. The van der Waals surface area contributed by atoms with Gasteiger partial charge in [-0.15, -0.1) is 11.3 Å². The number of rotatable bonds is 5. The molecule has 0 saturated carbocycles. The van der Waals surface area contributed by atoms with Crippen LogP contribution in [0.3, 0.4) is 0 Å². The number of fused-ring (bicyclic) bond motifs is 15. The number of hydrogen-bond acceptors (Lipinski definition) is 2. The Labute approximate surface area is 359 Å². The first-order valence-electron chi connectivity index (χ1n) is 21.1. The molecular formula is C59H37NS. The van der Waals surface area contributed by atoms with Crippen LogP contribution in [0.1, 0.15) is 22.3 Å². The van der Waals surface area contributed by atoms with E-state index < -0.39 is 5.41 Å². The maximum absolute atomic E-state index is 2.59. The van der Waals surface area contributed by atoms with Gasteiger partial charge >= 0.3 is 0 Å². The van der Waals surface area contributed by atoms with E-state index >= 15 is 0 Å². The fourth-order valence-corrected chi connectivity index (χ4v) is 12.2. The largest absolute Gasteiger partial charge is 0.308 e. The molecule has 0 amide bonds. The fourth-order valence-electron chi connectivity index (χ4n) is 10.9. The average Bonchev–Trinajstić information content (AvgIpc) is 3.97. The first-order chi connectivity index (χ1) is 30.3. The van der Waals surface area contributed by atoms with Crippen LogP contribution in [0.2, 0.25) is 0 Å². The summed E-state index contributed by atoms with van der Waals surface area (Å²) >= 11 is 1.92. The Bertz CT molecular complexity index is 3500. The van der Waals surface area contributed by atoms with Gasteiger partial charge in [-0.05, 0) is 85.3 Å². The summed E-state index contributed by atoms with van der Waals surface area (Å²) in [4.78, 5) is 2.59. The first-order valence-corrected chi connectivity index (χ1v) is 21.9. The van der Waals surface area contributed by atoms with Crippen LogP contribution < -0.4 is 4.90 Å². The van der Waals surface area contributed by atoms with Gasteiger partial charge in [0.2, 0.25) is 0 Å². The Morgan fingerprint density at radius 3 is 1.46 bits per heavy atom. The number of hydrogen-bond donors (Lipinski definition) is 0. The molecule has 0 aliphatic heterocycles. The lowest BCUT2D eigenvalue weighted by Gasteiger charge is -2.32. The van der Waals surface area contributed by atoms with Gasteiger partial charge in [-0.2, -0.15) is 0 Å². The monoisotopic (exact) mass is 791 g/mol. The number of thiophene rings is 1. The highest BCUT2D eigenvalue weighted by Crippen LogP contribution is 2.65. The minimum atomic E-state index is -0.448. The number of benzene rings is 10. The Hall–Kier alpha value is -7.52. The van der Waals surface area contributed by atoms with E-state index in [9.17, 15) is 0 Å². The second-order valence-electron chi connectivity index (χ2n) is 16.3. The zero-order valence-electron chi connectivity index (χ0n) is 33.2. The summed E-state index contributed by atoms with van der Waals surface area (Å²) in [6, 6.07) is 83.4. The predicted molar refractivity (Wildman–Crippen MR) is 259 cm³/mol. The molecule has 10 aromatic carbocycles. The minimum absolute atomic E-state index is 0.448. The molecule has 0 unspecified atom stereocenters. The molecule has 2 heteroatoms. The molecule has 11 aromatic rings. The lowest BCUT2D eigenvalue weighted by atomic mass is 9.70. The zero-order valence-corrected chi connectivity index (χ0v) is 34.0. The summed E-state index contributed by atoms with van der Waals surface area (Å²) in [6.45, 7) is 0. The summed E-state index contributed by atoms with van der Waals surface area (Å²) in [5.41, 5.74) is 18.5. The average molecular weight is 792 g/mol. The lowest BCUT2D eigenvalue weighted by molar-refractivity contribution is 0.794. The van der Waals surface area contributed by atoms with Crippen LogP contribution in [0.15, 0.2) is 224 Å². The molecule has 0 radical (unpaired) electrons. The molecule has 61 heavy (non-hydrogen) atoms. The van der Waals surface area contributed by atoms with Crippen molar-refractivity contribution in [2.75, 3.05) is 4.90 Å². The second-order valence-corrected chi connectivity index (χ2v) is 17.3. The van der Waals surface area contributed by atoms with E-state index in [2.05, 4.69) is 229 Å². The Kier molecular flexibility index (Phi) is 7.46. The molecule has 2 aliphatic rings. The van der Waals surface area contributed by atoms with Crippen LogP contribution in [-0.4, -0.2) is 0 Å². The molecule has 0 atom stereocenters. The molecule has 0 saturated heterocycles. The maximum atomic E-state index is 2.59. The minimum Gasteiger partial charge on any atom is -0.308 e. The molecule has 1 spiro atoms. The predicted octanol–water partition coefficient (Wildman–Crippen LogP) is 16.4. The van der Waals surface area contributed by atoms with Crippen molar-refractivity contribution < 1.29 is 0 Å². The number of nitrogens with zero attached hydrogens (tertiary/aromatic N) is 1.